The Labute approximate surface area is 226 Å². The Hall–Kier alpha value is -4.50. The van der Waals surface area contributed by atoms with E-state index in [9.17, 15) is 14.4 Å². The summed E-state index contributed by atoms with van der Waals surface area (Å²) in [6.45, 7) is 5.92. The van der Waals surface area contributed by atoms with E-state index in [1.54, 1.807) is 42.5 Å². The molecule has 194 valence electrons. The van der Waals surface area contributed by atoms with Crippen molar-refractivity contribution in [1.29, 1.82) is 0 Å². The number of carbonyl (C=O) groups excluding carboxylic acids is 3. The van der Waals surface area contributed by atoms with Crippen LogP contribution in [0.5, 0.6) is 11.5 Å². The largest absolute Gasteiger partial charge is 0.490 e. The lowest BCUT2D eigenvalue weighted by Crippen LogP contribution is -2.54. The van der Waals surface area contributed by atoms with E-state index in [0.717, 1.165) is 11.1 Å². The number of ether oxygens (including phenoxy) is 2. The zero-order valence-electron chi connectivity index (χ0n) is 21.2. The second-order valence-electron chi connectivity index (χ2n) is 8.57. The number of nitrogens with one attached hydrogen (secondary N) is 2. The number of anilines is 2. The van der Waals surface area contributed by atoms with Crippen LogP contribution in [-0.2, 0) is 14.4 Å². The maximum absolute atomic E-state index is 13.2. The van der Waals surface area contributed by atoms with Gasteiger partial charge in [0.05, 0.1) is 12.3 Å². The zero-order chi connectivity index (χ0) is 27.2. The summed E-state index contributed by atoms with van der Waals surface area (Å²) in [6, 6.07) is 19.5. The van der Waals surface area contributed by atoms with Crippen molar-refractivity contribution in [2.75, 3.05) is 23.4 Å². The highest BCUT2D eigenvalue weighted by atomic mass is 32.1. The third-order valence-electron chi connectivity index (χ3n) is 5.84. The van der Waals surface area contributed by atoms with Crippen molar-refractivity contribution in [1.82, 2.24) is 5.32 Å². The molecule has 0 spiro atoms. The third-order valence-corrected chi connectivity index (χ3v) is 6.13. The molecule has 1 heterocycles. The topological polar surface area (TPSA) is 97.0 Å². The summed E-state index contributed by atoms with van der Waals surface area (Å²) in [5.41, 5.74) is 3.91. The molecule has 9 heteroatoms. The van der Waals surface area contributed by atoms with Gasteiger partial charge in [-0.2, -0.15) is 0 Å². The van der Waals surface area contributed by atoms with Crippen molar-refractivity contribution in [2.45, 2.75) is 20.8 Å². The van der Waals surface area contributed by atoms with Crippen LogP contribution in [0.3, 0.4) is 0 Å². The molecule has 3 amide bonds. The van der Waals surface area contributed by atoms with Gasteiger partial charge in [0.1, 0.15) is 5.57 Å². The Morgan fingerprint density at radius 3 is 2.45 bits per heavy atom. The van der Waals surface area contributed by atoms with E-state index in [1.807, 2.05) is 45.0 Å². The summed E-state index contributed by atoms with van der Waals surface area (Å²) in [5, 5.41) is 5.40. The van der Waals surface area contributed by atoms with E-state index < -0.39 is 11.8 Å². The fourth-order valence-electron chi connectivity index (χ4n) is 3.80. The Morgan fingerprint density at radius 1 is 0.974 bits per heavy atom. The molecule has 38 heavy (non-hydrogen) atoms. The summed E-state index contributed by atoms with van der Waals surface area (Å²) in [7, 11) is 0. The minimum absolute atomic E-state index is 0.0150. The molecule has 1 aliphatic rings. The Balaban J connectivity index is 1.52. The molecule has 8 nitrogen and oxygen atoms in total. The quantitative estimate of drug-likeness (QED) is 0.253. The first-order chi connectivity index (χ1) is 18.3. The molecule has 0 unspecified atom stereocenters. The van der Waals surface area contributed by atoms with Crippen molar-refractivity contribution in [3.63, 3.8) is 0 Å². The van der Waals surface area contributed by atoms with Crippen molar-refractivity contribution in [3.8, 4) is 11.5 Å². The number of aryl methyl sites for hydroxylation is 2. The van der Waals surface area contributed by atoms with Gasteiger partial charge in [-0.25, -0.2) is 0 Å². The molecule has 0 atom stereocenters. The number of hydrogen-bond donors (Lipinski definition) is 2. The van der Waals surface area contributed by atoms with Crippen LogP contribution in [0.2, 0.25) is 0 Å². The highest BCUT2D eigenvalue weighted by Gasteiger charge is 2.34. The van der Waals surface area contributed by atoms with Crippen LogP contribution < -0.4 is 25.0 Å². The highest BCUT2D eigenvalue weighted by molar-refractivity contribution is 7.80. The van der Waals surface area contributed by atoms with Crippen molar-refractivity contribution < 1.29 is 23.9 Å². The summed E-state index contributed by atoms with van der Waals surface area (Å²) in [4.78, 5) is 39.6. The molecule has 1 saturated heterocycles. The molecule has 2 N–H and O–H groups in total. The summed E-state index contributed by atoms with van der Waals surface area (Å²) < 4.78 is 11.4. The lowest BCUT2D eigenvalue weighted by Gasteiger charge is -2.28. The fraction of sp³-hybridized carbons (Fsp3) is 0.172. The minimum atomic E-state index is -0.589. The monoisotopic (exact) mass is 529 g/mol. The first-order valence-electron chi connectivity index (χ1n) is 12.0. The fourth-order valence-corrected chi connectivity index (χ4v) is 4.08. The number of nitrogens with zero attached hydrogens (tertiary/aromatic N) is 1. The van der Waals surface area contributed by atoms with Gasteiger partial charge in [0.25, 0.3) is 17.7 Å². The van der Waals surface area contributed by atoms with Crippen molar-refractivity contribution >= 4 is 52.5 Å². The molecule has 4 rings (SSSR count). The van der Waals surface area contributed by atoms with Gasteiger partial charge in [0, 0.05) is 5.69 Å². The number of benzene rings is 3. The summed E-state index contributed by atoms with van der Waals surface area (Å²) >= 11 is 5.23. The van der Waals surface area contributed by atoms with Gasteiger partial charge in [-0.15, -0.1) is 0 Å². The lowest BCUT2D eigenvalue weighted by molar-refractivity contribution is -0.122. The Kier molecular flexibility index (Phi) is 8.18. The van der Waals surface area contributed by atoms with Gasteiger partial charge in [0.2, 0.25) is 0 Å². The van der Waals surface area contributed by atoms with Gasteiger partial charge in [-0.05, 0) is 92.2 Å². The Morgan fingerprint density at radius 2 is 1.74 bits per heavy atom. The number of thiocarbonyl (C=S) groups is 1. The minimum Gasteiger partial charge on any atom is -0.490 e. The number of amides is 3. The molecule has 1 fully saturated rings. The third kappa shape index (κ3) is 6.07. The van der Waals surface area contributed by atoms with Gasteiger partial charge >= 0.3 is 0 Å². The second kappa shape index (κ2) is 11.7. The number of hydrogen-bond acceptors (Lipinski definition) is 6. The highest BCUT2D eigenvalue weighted by Crippen LogP contribution is 2.30. The Bertz CT molecular complexity index is 1440. The van der Waals surface area contributed by atoms with Crippen LogP contribution in [0, 0.1) is 13.8 Å². The van der Waals surface area contributed by atoms with Crippen LogP contribution in [0.25, 0.3) is 6.08 Å². The first kappa shape index (κ1) is 26.6. The van der Waals surface area contributed by atoms with Crippen LogP contribution >= 0.6 is 12.2 Å². The summed E-state index contributed by atoms with van der Waals surface area (Å²) in [5.74, 6) is -0.709. The van der Waals surface area contributed by atoms with Crippen molar-refractivity contribution in [3.05, 3.63) is 89.0 Å². The lowest BCUT2D eigenvalue weighted by atomic mass is 10.1. The molecule has 0 radical (unpaired) electrons. The van der Waals surface area contributed by atoms with Crippen LogP contribution in [0.15, 0.2) is 72.3 Å². The van der Waals surface area contributed by atoms with Gasteiger partial charge in [-0.1, -0.05) is 30.3 Å². The summed E-state index contributed by atoms with van der Waals surface area (Å²) in [6.07, 6.45) is 1.47. The molecule has 0 aliphatic carbocycles. The van der Waals surface area contributed by atoms with E-state index in [0.29, 0.717) is 35.0 Å². The number of para-hydroxylation sites is 1. The molecule has 3 aromatic rings. The van der Waals surface area contributed by atoms with E-state index in [-0.39, 0.29) is 23.2 Å². The average molecular weight is 530 g/mol. The maximum Gasteiger partial charge on any atom is 0.270 e. The standard InChI is InChI=1S/C29H27N3O5S/c1-4-36-25-16-20(11-13-24(25)37-17-26(33)30-21-12-10-18(2)19(3)14-21)15-23-27(34)31-29(38)32(28(23)35)22-8-6-5-7-9-22/h5-16H,4,17H2,1-3H3,(H,30,33)(H,31,34,38)/b23-15-. The van der Waals surface area contributed by atoms with E-state index >= 15 is 0 Å². The zero-order valence-corrected chi connectivity index (χ0v) is 22.1. The molecule has 0 aromatic heterocycles. The van der Waals surface area contributed by atoms with Crippen LogP contribution in [-0.4, -0.2) is 36.0 Å². The van der Waals surface area contributed by atoms with Gasteiger partial charge in [-0.3, -0.25) is 24.6 Å². The molecule has 0 bridgehead atoms. The molecule has 1 aliphatic heterocycles. The number of carbonyl (C=O) groups is 3. The number of rotatable bonds is 8. The second-order valence-corrected chi connectivity index (χ2v) is 8.96. The predicted molar refractivity (Wildman–Crippen MR) is 150 cm³/mol. The van der Waals surface area contributed by atoms with Crippen molar-refractivity contribution in [2.24, 2.45) is 0 Å². The predicted octanol–water partition coefficient (Wildman–Crippen LogP) is 4.55. The SMILES string of the molecule is CCOc1cc(/C=C2/C(=O)NC(=S)N(c3ccccc3)C2=O)ccc1OCC(=O)Nc1ccc(C)c(C)c1. The van der Waals surface area contributed by atoms with Crippen LogP contribution in [0.4, 0.5) is 11.4 Å². The average Bonchev–Trinajstić information content (AvgIpc) is 2.89. The van der Waals surface area contributed by atoms with Gasteiger partial charge < -0.3 is 14.8 Å². The molecular weight excluding hydrogens is 502 g/mol. The molecule has 3 aromatic carbocycles. The van der Waals surface area contributed by atoms with E-state index in [4.69, 9.17) is 21.7 Å². The van der Waals surface area contributed by atoms with Crippen LogP contribution in [0.1, 0.15) is 23.6 Å². The molecule has 0 saturated carbocycles. The smallest absolute Gasteiger partial charge is 0.270 e. The maximum atomic E-state index is 13.2. The van der Waals surface area contributed by atoms with E-state index in [2.05, 4.69) is 10.6 Å². The first-order valence-corrected chi connectivity index (χ1v) is 12.4. The normalized spacial score (nSPS) is 14.3. The molecular formula is C29H27N3O5S. The van der Waals surface area contributed by atoms with Gasteiger partial charge in [0.15, 0.2) is 23.2 Å². The van der Waals surface area contributed by atoms with E-state index in [1.165, 1.54) is 11.0 Å².